The van der Waals surface area contributed by atoms with E-state index in [1.807, 2.05) is 13.1 Å². The molecule has 1 saturated carbocycles. The summed E-state index contributed by atoms with van der Waals surface area (Å²) >= 11 is 0. The predicted octanol–water partition coefficient (Wildman–Crippen LogP) is 3.15. The Morgan fingerprint density at radius 1 is 1.11 bits per heavy atom. The molecule has 0 amide bonds. The summed E-state index contributed by atoms with van der Waals surface area (Å²) in [4.78, 5) is 7.08. The van der Waals surface area contributed by atoms with Gasteiger partial charge in [-0.1, -0.05) is 18.9 Å². The van der Waals surface area contributed by atoms with Gasteiger partial charge in [-0.15, -0.1) is 24.0 Å². The van der Waals surface area contributed by atoms with Crippen LogP contribution in [0, 0.1) is 0 Å². The minimum Gasteiger partial charge on any atom is -0.490 e. The van der Waals surface area contributed by atoms with Crippen molar-refractivity contribution in [2.75, 3.05) is 33.4 Å². The summed E-state index contributed by atoms with van der Waals surface area (Å²) in [5.74, 6) is 2.56. The van der Waals surface area contributed by atoms with Crippen molar-refractivity contribution in [3.8, 4) is 11.5 Å². The Morgan fingerprint density at radius 3 is 2.68 bits per heavy atom. The van der Waals surface area contributed by atoms with Gasteiger partial charge in [0, 0.05) is 45.2 Å². The second-order valence-electron chi connectivity index (χ2n) is 7.82. The van der Waals surface area contributed by atoms with E-state index in [-0.39, 0.29) is 24.0 Å². The molecule has 2 aliphatic heterocycles. The number of guanidine groups is 1. The minimum absolute atomic E-state index is 0. The molecule has 7 heteroatoms. The lowest BCUT2D eigenvalue weighted by atomic mass is 10.2. The lowest BCUT2D eigenvalue weighted by molar-refractivity contribution is 0.242. The highest BCUT2D eigenvalue weighted by atomic mass is 127. The number of nitrogens with one attached hydrogen (secondary N) is 2. The molecule has 1 saturated heterocycles. The Morgan fingerprint density at radius 2 is 1.89 bits per heavy atom. The van der Waals surface area contributed by atoms with Crippen LogP contribution in [-0.2, 0) is 6.54 Å². The topological polar surface area (TPSA) is 58.1 Å². The minimum atomic E-state index is 0. The van der Waals surface area contributed by atoms with Crippen molar-refractivity contribution < 1.29 is 9.47 Å². The van der Waals surface area contributed by atoms with E-state index in [4.69, 9.17) is 9.47 Å². The molecule has 156 valence electrons. The van der Waals surface area contributed by atoms with Crippen molar-refractivity contribution in [1.29, 1.82) is 0 Å². The number of rotatable bonds is 4. The number of hydrogen-bond donors (Lipinski definition) is 2. The van der Waals surface area contributed by atoms with E-state index in [9.17, 15) is 0 Å². The van der Waals surface area contributed by atoms with Gasteiger partial charge in [-0.3, -0.25) is 9.89 Å². The first-order valence-corrected chi connectivity index (χ1v) is 10.4. The number of ether oxygens (including phenoxy) is 2. The normalized spacial score (nSPS) is 23.2. The van der Waals surface area contributed by atoms with Gasteiger partial charge in [0.05, 0.1) is 13.2 Å². The molecule has 1 aliphatic carbocycles. The Hall–Kier alpha value is -1.22. The number of halogens is 1. The molecule has 2 heterocycles. The van der Waals surface area contributed by atoms with Crippen LogP contribution in [0.1, 0.15) is 44.1 Å². The molecule has 4 rings (SSSR count). The van der Waals surface area contributed by atoms with Crippen molar-refractivity contribution in [3.63, 3.8) is 0 Å². The van der Waals surface area contributed by atoms with Crippen LogP contribution in [0.5, 0.6) is 11.5 Å². The molecule has 2 N–H and O–H groups in total. The molecule has 1 unspecified atom stereocenters. The Kier molecular flexibility index (Phi) is 8.08. The third-order valence-electron chi connectivity index (χ3n) is 5.90. The fraction of sp³-hybridized carbons (Fsp3) is 0.667. The zero-order valence-corrected chi connectivity index (χ0v) is 19.1. The molecule has 3 aliphatic rings. The van der Waals surface area contributed by atoms with E-state index in [2.05, 4.69) is 32.7 Å². The van der Waals surface area contributed by atoms with Gasteiger partial charge >= 0.3 is 0 Å². The van der Waals surface area contributed by atoms with Crippen LogP contribution in [0.4, 0.5) is 0 Å². The number of benzene rings is 1. The van der Waals surface area contributed by atoms with Gasteiger partial charge in [-0.05, 0) is 37.0 Å². The van der Waals surface area contributed by atoms with E-state index < -0.39 is 0 Å². The van der Waals surface area contributed by atoms with Gasteiger partial charge in [0.15, 0.2) is 17.5 Å². The van der Waals surface area contributed by atoms with Gasteiger partial charge in [0.1, 0.15) is 0 Å². The SMILES string of the molecule is CN=C(NCc1ccc2c(c1)OCCCO2)NC1CCN(C2CCCC2)C1.I. The monoisotopic (exact) mass is 500 g/mol. The first kappa shape index (κ1) is 21.5. The number of aliphatic imine (C=N–C) groups is 1. The van der Waals surface area contributed by atoms with Crippen LogP contribution in [0.15, 0.2) is 23.2 Å². The number of hydrogen-bond acceptors (Lipinski definition) is 4. The highest BCUT2D eigenvalue weighted by Crippen LogP contribution is 2.30. The summed E-state index contributed by atoms with van der Waals surface area (Å²) < 4.78 is 11.5. The van der Waals surface area contributed by atoms with E-state index in [1.165, 1.54) is 44.2 Å². The molecule has 6 nitrogen and oxygen atoms in total. The third-order valence-corrected chi connectivity index (χ3v) is 5.90. The fourth-order valence-corrected chi connectivity index (χ4v) is 4.40. The van der Waals surface area contributed by atoms with Crippen LogP contribution < -0.4 is 20.1 Å². The molecule has 1 aromatic carbocycles. The summed E-state index contributed by atoms with van der Waals surface area (Å²) in [5, 5.41) is 7.05. The van der Waals surface area contributed by atoms with Gasteiger partial charge in [-0.2, -0.15) is 0 Å². The summed E-state index contributed by atoms with van der Waals surface area (Å²) in [6.07, 6.45) is 7.68. The predicted molar refractivity (Wildman–Crippen MR) is 123 cm³/mol. The molecular formula is C21H33IN4O2. The van der Waals surface area contributed by atoms with Crippen molar-refractivity contribution >= 4 is 29.9 Å². The van der Waals surface area contributed by atoms with Crippen molar-refractivity contribution in [2.24, 2.45) is 4.99 Å². The van der Waals surface area contributed by atoms with Gasteiger partial charge in [0.2, 0.25) is 0 Å². The lowest BCUT2D eigenvalue weighted by Gasteiger charge is -2.24. The summed E-state index contributed by atoms with van der Waals surface area (Å²) in [6.45, 7) is 4.50. The Labute approximate surface area is 185 Å². The van der Waals surface area contributed by atoms with E-state index in [0.717, 1.165) is 49.6 Å². The highest BCUT2D eigenvalue weighted by molar-refractivity contribution is 14.0. The largest absolute Gasteiger partial charge is 0.490 e. The van der Waals surface area contributed by atoms with Crippen molar-refractivity contribution in [1.82, 2.24) is 15.5 Å². The average Bonchev–Trinajstić information content (AvgIpc) is 3.32. The number of fused-ring (bicyclic) bond motifs is 1. The van der Waals surface area contributed by atoms with Crippen LogP contribution in [0.3, 0.4) is 0 Å². The maximum Gasteiger partial charge on any atom is 0.191 e. The second kappa shape index (κ2) is 10.5. The molecule has 0 aromatic heterocycles. The molecule has 2 fully saturated rings. The molecule has 1 atom stereocenters. The molecule has 1 aromatic rings. The first-order valence-electron chi connectivity index (χ1n) is 10.4. The van der Waals surface area contributed by atoms with E-state index in [1.54, 1.807) is 0 Å². The third kappa shape index (κ3) is 5.43. The quantitative estimate of drug-likeness (QED) is 0.378. The van der Waals surface area contributed by atoms with E-state index >= 15 is 0 Å². The summed E-state index contributed by atoms with van der Waals surface area (Å²) in [6, 6.07) is 7.46. The van der Waals surface area contributed by atoms with Crippen molar-refractivity contribution in [3.05, 3.63) is 23.8 Å². The Balaban J connectivity index is 0.00000225. The molecule has 0 radical (unpaired) electrons. The van der Waals surface area contributed by atoms with Gasteiger partial charge in [-0.25, -0.2) is 0 Å². The molecule has 0 bridgehead atoms. The van der Waals surface area contributed by atoms with Crippen LogP contribution in [-0.4, -0.2) is 56.3 Å². The van der Waals surface area contributed by atoms with Gasteiger partial charge < -0.3 is 20.1 Å². The average molecular weight is 500 g/mol. The fourth-order valence-electron chi connectivity index (χ4n) is 4.40. The van der Waals surface area contributed by atoms with Crippen LogP contribution in [0.25, 0.3) is 0 Å². The van der Waals surface area contributed by atoms with Crippen LogP contribution >= 0.6 is 24.0 Å². The smallest absolute Gasteiger partial charge is 0.191 e. The number of likely N-dealkylation sites (tertiary alicyclic amines) is 1. The number of nitrogens with zero attached hydrogens (tertiary/aromatic N) is 2. The van der Waals surface area contributed by atoms with Crippen molar-refractivity contribution in [2.45, 2.75) is 57.2 Å². The van der Waals surface area contributed by atoms with Crippen LogP contribution in [0.2, 0.25) is 0 Å². The Bertz CT molecular complexity index is 664. The highest BCUT2D eigenvalue weighted by Gasteiger charge is 2.30. The zero-order chi connectivity index (χ0) is 18.5. The molecule has 28 heavy (non-hydrogen) atoms. The van der Waals surface area contributed by atoms with Gasteiger partial charge in [0.25, 0.3) is 0 Å². The maximum atomic E-state index is 5.79. The maximum absolute atomic E-state index is 5.79. The summed E-state index contributed by atoms with van der Waals surface area (Å²) in [7, 11) is 1.84. The van der Waals surface area contributed by atoms with E-state index in [0.29, 0.717) is 12.6 Å². The zero-order valence-electron chi connectivity index (χ0n) is 16.8. The molecule has 0 spiro atoms. The standard InChI is InChI=1S/C21H32N4O2.HI/c1-22-21(24-17-9-10-25(15-17)18-5-2-3-6-18)23-14-16-7-8-19-20(13-16)27-12-4-11-26-19;/h7-8,13,17-18H,2-6,9-12,14-15H2,1H3,(H2,22,23,24);1H. The lowest BCUT2D eigenvalue weighted by Crippen LogP contribution is -2.45. The first-order chi connectivity index (χ1) is 13.3. The second-order valence-corrected chi connectivity index (χ2v) is 7.82. The summed E-state index contributed by atoms with van der Waals surface area (Å²) in [5.41, 5.74) is 1.17. The molecular weight excluding hydrogens is 467 g/mol.